The molecule has 0 saturated carbocycles. The van der Waals surface area contributed by atoms with E-state index >= 15 is 0 Å². The van der Waals surface area contributed by atoms with Gasteiger partial charge in [0.15, 0.2) is 0 Å². The van der Waals surface area contributed by atoms with Gasteiger partial charge < -0.3 is 10.2 Å². The Morgan fingerprint density at radius 2 is 1.86 bits per heavy atom. The molecule has 1 aliphatic rings. The van der Waals surface area contributed by atoms with Crippen LogP contribution in [0.25, 0.3) is 10.9 Å². The van der Waals surface area contributed by atoms with Crippen molar-refractivity contribution in [2.75, 3.05) is 42.9 Å². The van der Waals surface area contributed by atoms with Crippen molar-refractivity contribution in [2.24, 2.45) is 0 Å². The second kappa shape index (κ2) is 7.90. The molecular weight excluding hydrogens is 357 g/mol. The molecule has 28 heavy (non-hydrogen) atoms. The van der Waals surface area contributed by atoms with Crippen LogP contribution in [0.15, 0.2) is 48.8 Å². The van der Waals surface area contributed by atoms with Crippen LogP contribution in [0.3, 0.4) is 0 Å². The van der Waals surface area contributed by atoms with E-state index in [4.69, 9.17) is 0 Å². The van der Waals surface area contributed by atoms with Crippen LogP contribution < -0.4 is 10.2 Å². The summed E-state index contributed by atoms with van der Waals surface area (Å²) in [7, 11) is 0. The lowest BCUT2D eigenvalue weighted by atomic mass is 10.1. The number of fused-ring (bicyclic) bond motifs is 1. The summed E-state index contributed by atoms with van der Waals surface area (Å²) in [6.45, 7) is 5.33. The Labute approximate surface area is 163 Å². The number of benzene rings is 2. The van der Waals surface area contributed by atoms with E-state index in [9.17, 15) is 9.18 Å². The fourth-order valence-corrected chi connectivity index (χ4v) is 3.57. The Kier molecular flexibility index (Phi) is 5.16. The molecule has 0 atom stereocenters. The lowest BCUT2D eigenvalue weighted by Crippen LogP contribution is -2.49. The van der Waals surface area contributed by atoms with Gasteiger partial charge in [-0.25, -0.2) is 14.4 Å². The van der Waals surface area contributed by atoms with E-state index in [-0.39, 0.29) is 18.1 Å². The smallest absolute Gasteiger partial charge is 0.238 e. The van der Waals surface area contributed by atoms with Gasteiger partial charge in [0, 0.05) is 31.6 Å². The molecule has 0 spiro atoms. The standard InChI is InChI=1S/C21H22FN5O/c1-15-5-4-8-18-20(15)21(24-14-23-18)27-11-9-26(10-12-27)13-19(28)25-17-7-3-2-6-16(17)22/h2-8,14H,9-13H2,1H3,(H,25,28). The van der Waals surface area contributed by atoms with E-state index in [1.54, 1.807) is 24.5 Å². The highest BCUT2D eigenvalue weighted by molar-refractivity contribution is 5.93. The number of nitrogens with one attached hydrogen (secondary N) is 1. The molecule has 0 unspecified atom stereocenters. The van der Waals surface area contributed by atoms with E-state index in [1.165, 1.54) is 6.07 Å². The second-order valence-corrected chi connectivity index (χ2v) is 6.96. The number of hydrogen-bond acceptors (Lipinski definition) is 5. The van der Waals surface area contributed by atoms with Gasteiger partial charge in [-0.15, -0.1) is 0 Å². The predicted octanol–water partition coefficient (Wildman–Crippen LogP) is 2.84. The lowest BCUT2D eigenvalue weighted by Gasteiger charge is -2.35. The summed E-state index contributed by atoms with van der Waals surface area (Å²) in [4.78, 5) is 25.4. The highest BCUT2D eigenvalue weighted by Crippen LogP contribution is 2.26. The van der Waals surface area contributed by atoms with Crippen LogP contribution in [0, 0.1) is 12.7 Å². The zero-order chi connectivity index (χ0) is 19.5. The first-order valence-electron chi connectivity index (χ1n) is 9.34. The second-order valence-electron chi connectivity index (χ2n) is 6.96. The van der Waals surface area contributed by atoms with Crippen LogP contribution in [-0.2, 0) is 4.79 Å². The number of nitrogens with zero attached hydrogens (tertiary/aromatic N) is 4. The molecule has 0 bridgehead atoms. The van der Waals surface area contributed by atoms with Gasteiger partial charge in [-0.1, -0.05) is 24.3 Å². The van der Waals surface area contributed by atoms with Crippen molar-refractivity contribution in [1.29, 1.82) is 0 Å². The summed E-state index contributed by atoms with van der Waals surface area (Å²) in [5, 5.41) is 3.72. The number of halogens is 1. The molecule has 2 heterocycles. The van der Waals surface area contributed by atoms with Crippen molar-refractivity contribution in [2.45, 2.75) is 6.92 Å². The van der Waals surface area contributed by atoms with Gasteiger partial charge in [-0.2, -0.15) is 0 Å². The Hall–Kier alpha value is -3.06. The molecule has 0 aliphatic carbocycles. The van der Waals surface area contributed by atoms with Gasteiger partial charge in [-0.05, 0) is 30.7 Å². The van der Waals surface area contributed by atoms with Gasteiger partial charge in [-0.3, -0.25) is 9.69 Å². The first kappa shape index (κ1) is 18.3. The molecule has 3 aromatic rings. The molecule has 1 aromatic heterocycles. The topological polar surface area (TPSA) is 61.4 Å². The third-order valence-corrected chi connectivity index (χ3v) is 5.04. The summed E-state index contributed by atoms with van der Waals surface area (Å²) in [5.41, 5.74) is 2.31. The van der Waals surface area contributed by atoms with Gasteiger partial charge in [0.25, 0.3) is 0 Å². The average molecular weight is 379 g/mol. The number of hydrogen-bond donors (Lipinski definition) is 1. The monoisotopic (exact) mass is 379 g/mol. The third-order valence-electron chi connectivity index (χ3n) is 5.04. The normalized spacial score (nSPS) is 15.0. The molecule has 6 nitrogen and oxygen atoms in total. The molecule has 1 fully saturated rings. The van der Waals surface area contributed by atoms with Crippen LogP contribution in [-0.4, -0.2) is 53.5 Å². The number of anilines is 2. The van der Waals surface area contributed by atoms with Gasteiger partial charge in [0.2, 0.25) is 5.91 Å². The Bertz CT molecular complexity index is 996. The number of aryl methyl sites for hydroxylation is 1. The number of carbonyl (C=O) groups is 1. The molecule has 7 heteroatoms. The molecule has 1 aliphatic heterocycles. The first-order valence-corrected chi connectivity index (χ1v) is 9.34. The van der Waals surface area contributed by atoms with Crippen molar-refractivity contribution in [3.05, 3.63) is 60.2 Å². The first-order chi connectivity index (χ1) is 13.6. The molecule has 2 aromatic carbocycles. The summed E-state index contributed by atoms with van der Waals surface area (Å²) < 4.78 is 13.7. The minimum absolute atomic E-state index is 0.207. The number of amides is 1. The number of carbonyl (C=O) groups excluding carboxylic acids is 1. The zero-order valence-corrected chi connectivity index (χ0v) is 15.7. The summed E-state index contributed by atoms with van der Waals surface area (Å²) in [5.74, 6) is 0.312. The quantitative estimate of drug-likeness (QED) is 0.755. The van der Waals surface area contributed by atoms with Crippen molar-refractivity contribution in [3.63, 3.8) is 0 Å². The fourth-order valence-electron chi connectivity index (χ4n) is 3.57. The Morgan fingerprint density at radius 3 is 2.64 bits per heavy atom. The number of rotatable bonds is 4. The molecule has 1 saturated heterocycles. The van der Waals surface area contributed by atoms with Crippen molar-refractivity contribution in [1.82, 2.24) is 14.9 Å². The maximum absolute atomic E-state index is 13.7. The van der Waals surface area contributed by atoms with E-state index in [0.29, 0.717) is 0 Å². The summed E-state index contributed by atoms with van der Waals surface area (Å²) in [6, 6.07) is 12.3. The van der Waals surface area contributed by atoms with Crippen LogP contribution in [0.1, 0.15) is 5.56 Å². The van der Waals surface area contributed by atoms with Gasteiger partial charge in [0.1, 0.15) is 18.0 Å². The van der Waals surface area contributed by atoms with E-state index in [2.05, 4.69) is 38.1 Å². The largest absolute Gasteiger partial charge is 0.353 e. The van der Waals surface area contributed by atoms with E-state index in [0.717, 1.165) is 48.5 Å². The van der Waals surface area contributed by atoms with Crippen LogP contribution in [0.5, 0.6) is 0 Å². The molecule has 1 N–H and O–H groups in total. The van der Waals surface area contributed by atoms with Crippen LogP contribution in [0.4, 0.5) is 15.9 Å². The third kappa shape index (κ3) is 3.80. The lowest BCUT2D eigenvalue weighted by molar-refractivity contribution is -0.117. The number of piperazine rings is 1. The van der Waals surface area contributed by atoms with Crippen molar-refractivity contribution >= 4 is 28.3 Å². The average Bonchev–Trinajstić information content (AvgIpc) is 2.70. The SMILES string of the molecule is Cc1cccc2ncnc(N3CCN(CC(=O)Nc4ccccc4F)CC3)c12. The maximum atomic E-state index is 13.7. The van der Waals surface area contributed by atoms with Crippen LogP contribution >= 0.6 is 0 Å². The summed E-state index contributed by atoms with van der Waals surface area (Å²) >= 11 is 0. The van der Waals surface area contributed by atoms with Crippen molar-refractivity contribution < 1.29 is 9.18 Å². The predicted molar refractivity (Wildman–Crippen MR) is 108 cm³/mol. The number of para-hydroxylation sites is 1. The van der Waals surface area contributed by atoms with Gasteiger partial charge >= 0.3 is 0 Å². The zero-order valence-electron chi connectivity index (χ0n) is 15.7. The molecular formula is C21H22FN5O. The highest BCUT2D eigenvalue weighted by atomic mass is 19.1. The van der Waals surface area contributed by atoms with Gasteiger partial charge in [0.05, 0.1) is 17.7 Å². The minimum Gasteiger partial charge on any atom is -0.353 e. The summed E-state index contributed by atoms with van der Waals surface area (Å²) in [6.07, 6.45) is 1.60. The minimum atomic E-state index is -0.424. The molecule has 0 radical (unpaired) electrons. The number of aromatic nitrogens is 2. The fraction of sp³-hybridized carbons (Fsp3) is 0.286. The molecule has 144 valence electrons. The van der Waals surface area contributed by atoms with E-state index in [1.807, 2.05) is 12.1 Å². The maximum Gasteiger partial charge on any atom is 0.238 e. The Morgan fingerprint density at radius 1 is 1.07 bits per heavy atom. The van der Waals surface area contributed by atoms with E-state index < -0.39 is 5.82 Å². The highest BCUT2D eigenvalue weighted by Gasteiger charge is 2.22. The molecule has 4 rings (SSSR count). The Balaban J connectivity index is 1.39. The molecule has 1 amide bonds. The van der Waals surface area contributed by atoms with Crippen molar-refractivity contribution in [3.8, 4) is 0 Å². The van der Waals surface area contributed by atoms with Crippen LogP contribution in [0.2, 0.25) is 0 Å².